The van der Waals surface area contributed by atoms with Gasteiger partial charge < -0.3 is 20.1 Å². The fourth-order valence-electron chi connectivity index (χ4n) is 4.00. The molecule has 1 aromatic rings. The highest BCUT2D eigenvalue weighted by molar-refractivity contribution is 14.0. The van der Waals surface area contributed by atoms with E-state index in [9.17, 15) is 0 Å². The Morgan fingerprint density at radius 3 is 2.41 bits per heavy atom. The minimum Gasteiger partial charge on any atom is -0.381 e. The fourth-order valence-corrected chi connectivity index (χ4v) is 4.00. The third-order valence-electron chi connectivity index (χ3n) is 5.77. The van der Waals surface area contributed by atoms with Crippen LogP contribution >= 0.6 is 24.0 Å². The molecule has 0 amide bonds. The molecule has 0 aliphatic carbocycles. The third kappa shape index (κ3) is 7.70. The topological polar surface area (TPSA) is 58.1 Å². The number of ether oxygens (including phenoxy) is 2. The van der Waals surface area contributed by atoms with Crippen molar-refractivity contribution in [3.63, 3.8) is 0 Å². The number of aliphatic imine (C=N–C) groups is 1. The molecule has 0 unspecified atom stereocenters. The number of benzene rings is 1. The van der Waals surface area contributed by atoms with Gasteiger partial charge in [-0.3, -0.25) is 9.89 Å². The van der Waals surface area contributed by atoms with Crippen LogP contribution in [0.4, 0.5) is 0 Å². The van der Waals surface area contributed by atoms with Crippen LogP contribution < -0.4 is 10.6 Å². The molecule has 2 saturated heterocycles. The lowest BCUT2D eigenvalue weighted by Gasteiger charge is -2.36. The Balaban J connectivity index is 0.00000300. The zero-order valence-electron chi connectivity index (χ0n) is 17.7. The molecule has 3 rings (SSSR count). The summed E-state index contributed by atoms with van der Waals surface area (Å²) < 4.78 is 11.1. The second-order valence-electron chi connectivity index (χ2n) is 7.69. The molecule has 2 N–H and O–H groups in total. The summed E-state index contributed by atoms with van der Waals surface area (Å²) in [7, 11) is 0. The quantitative estimate of drug-likeness (QED) is 0.241. The number of rotatable bonds is 8. The lowest BCUT2D eigenvalue weighted by Crippen LogP contribution is -2.42. The molecule has 7 heteroatoms. The summed E-state index contributed by atoms with van der Waals surface area (Å²) in [5.41, 5.74) is 1.46. The molecule has 2 fully saturated rings. The number of nitrogens with one attached hydrogen (secondary N) is 2. The summed E-state index contributed by atoms with van der Waals surface area (Å²) in [4.78, 5) is 7.45. The van der Waals surface area contributed by atoms with Crippen LogP contribution in [0.5, 0.6) is 0 Å². The molecule has 2 heterocycles. The zero-order chi connectivity index (χ0) is 19.5. The summed E-state index contributed by atoms with van der Waals surface area (Å²) in [6.45, 7) is 11.3. The van der Waals surface area contributed by atoms with E-state index in [4.69, 9.17) is 14.5 Å². The summed E-state index contributed by atoms with van der Waals surface area (Å²) >= 11 is 0. The summed E-state index contributed by atoms with van der Waals surface area (Å²) in [6, 6.07) is 10.8. The van der Waals surface area contributed by atoms with E-state index in [0.717, 1.165) is 90.9 Å². The van der Waals surface area contributed by atoms with Gasteiger partial charge in [0.05, 0.1) is 19.8 Å². The van der Waals surface area contributed by atoms with Gasteiger partial charge in [0.15, 0.2) is 5.96 Å². The van der Waals surface area contributed by atoms with Gasteiger partial charge in [-0.1, -0.05) is 30.3 Å². The Bertz CT molecular complexity index is 588. The highest BCUT2D eigenvalue weighted by atomic mass is 127. The maximum absolute atomic E-state index is 5.64. The first-order chi connectivity index (χ1) is 13.8. The smallest absolute Gasteiger partial charge is 0.191 e. The molecular weight excluding hydrogens is 479 g/mol. The summed E-state index contributed by atoms with van der Waals surface area (Å²) in [5, 5.41) is 6.92. The number of hydrogen-bond donors (Lipinski definition) is 2. The highest BCUT2D eigenvalue weighted by Crippen LogP contribution is 2.35. The number of hydrogen-bond acceptors (Lipinski definition) is 4. The van der Waals surface area contributed by atoms with Crippen LogP contribution in [0.15, 0.2) is 35.3 Å². The largest absolute Gasteiger partial charge is 0.381 e. The van der Waals surface area contributed by atoms with Gasteiger partial charge in [-0.2, -0.15) is 0 Å². The minimum absolute atomic E-state index is 0. The van der Waals surface area contributed by atoms with Crippen molar-refractivity contribution in [3.8, 4) is 0 Å². The second kappa shape index (κ2) is 13.4. The predicted octanol–water partition coefficient (Wildman–Crippen LogP) is 2.63. The van der Waals surface area contributed by atoms with Crippen LogP contribution in [0.3, 0.4) is 0 Å². The molecule has 2 aliphatic heterocycles. The van der Waals surface area contributed by atoms with Crippen LogP contribution in [-0.2, 0) is 14.9 Å². The maximum Gasteiger partial charge on any atom is 0.191 e. The standard InChI is InChI=1S/C22H36N4O2.HI/c1-2-23-21(24-11-6-12-26-13-17-28-18-14-26)25-19-22(9-15-27-16-10-22)20-7-4-3-5-8-20;/h3-5,7-8H,2,6,9-19H2,1H3,(H2,23,24,25);1H. The Morgan fingerprint density at radius 2 is 1.72 bits per heavy atom. The van der Waals surface area contributed by atoms with E-state index in [1.807, 2.05) is 0 Å². The SMILES string of the molecule is CCNC(=NCC1(c2ccccc2)CCOCC1)NCCCN1CCOCC1.I. The highest BCUT2D eigenvalue weighted by Gasteiger charge is 2.34. The first-order valence-corrected chi connectivity index (χ1v) is 10.8. The molecule has 0 radical (unpaired) electrons. The molecule has 29 heavy (non-hydrogen) atoms. The monoisotopic (exact) mass is 516 g/mol. The lowest BCUT2D eigenvalue weighted by molar-refractivity contribution is 0.0376. The average molecular weight is 516 g/mol. The normalized spacial score (nSPS) is 20.0. The van der Waals surface area contributed by atoms with Crippen molar-refractivity contribution in [3.05, 3.63) is 35.9 Å². The van der Waals surface area contributed by atoms with Crippen LogP contribution in [-0.4, -0.2) is 76.6 Å². The molecule has 2 aliphatic rings. The van der Waals surface area contributed by atoms with E-state index in [-0.39, 0.29) is 29.4 Å². The number of halogens is 1. The van der Waals surface area contributed by atoms with Crippen molar-refractivity contribution in [2.45, 2.75) is 31.6 Å². The fraction of sp³-hybridized carbons (Fsp3) is 0.682. The molecule has 0 spiro atoms. The van der Waals surface area contributed by atoms with Gasteiger partial charge >= 0.3 is 0 Å². The zero-order valence-corrected chi connectivity index (χ0v) is 20.0. The molecule has 0 saturated carbocycles. The van der Waals surface area contributed by atoms with Crippen molar-refractivity contribution < 1.29 is 9.47 Å². The van der Waals surface area contributed by atoms with E-state index in [0.29, 0.717) is 0 Å². The first-order valence-electron chi connectivity index (χ1n) is 10.8. The van der Waals surface area contributed by atoms with Crippen molar-refractivity contribution in [2.75, 3.05) is 65.7 Å². The van der Waals surface area contributed by atoms with Crippen LogP contribution in [0.25, 0.3) is 0 Å². The van der Waals surface area contributed by atoms with E-state index < -0.39 is 0 Å². The Morgan fingerprint density at radius 1 is 1.03 bits per heavy atom. The molecule has 0 atom stereocenters. The first kappa shape index (κ1) is 24.4. The molecule has 6 nitrogen and oxygen atoms in total. The van der Waals surface area contributed by atoms with Gasteiger partial charge in [0.1, 0.15) is 0 Å². The van der Waals surface area contributed by atoms with Crippen LogP contribution in [0.2, 0.25) is 0 Å². The van der Waals surface area contributed by atoms with E-state index in [2.05, 4.69) is 52.8 Å². The molecule has 0 bridgehead atoms. The van der Waals surface area contributed by atoms with Crippen molar-refractivity contribution >= 4 is 29.9 Å². The van der Waals surface area contributed by atoms with E-state index >= 15 is 0 Å². The van der Waals surface area contributed by atoms with Gasteiger partial charge in [0.25, 0.3) is 0 Å². The lowest BCUT2D eigenvalue weighted by atomic mass is 9.74. The molecule has 1 aromatic carbocycles. The Hall–Kier alpha value is -0.900. The summed E-state index contributed by atoms with van der Waals surface area (Å²) in [6.07, 6.45) is 3.16. The predicted molar refractivity (Wildman–Crippen MR) is 129 cm³/mol. The molecular formula is C22H37IN4O2. The molecule has 0 aromatic heterocycles. The number of morpholine rings is 1. The average Bonchev–Trinajstić information content (AvgIpc) is 2.77. The van der Waals surface area contributed by atoms with Gasteiger partial charge in [0, 0.05) is 44.8 Å². The third-order valence-corrected chi connectivity index (χ3v) is 5.77. The van der Waals surface area contributed by atoms with Gasteiger partial charge in [-0.05, 0) is 38.3 Å². The van der Waals surface area contributed by atoms with Crippen molar-refractivity contribution in [2.24, 2.45) is 4.99 Å². The number of nitrogens with zero attached hydrogens (tertiary/aromatic N) is 2. The second-order valence-corrected chi connectivity index (χ2v) is 7.69. The molecule has 164 valence electrons. The van der Waals surface area contributed by atoms with E-state index in [1.165, 1.54) is 5.56 Å². The van der Waals surface area contributed by atoms with Gasteiger partial charge in [0.2, 0.25) is 0 Å². The number of guanidine groups is 1. The Kier molecular flexibility index (Phi) is 11.3. The summed E-state index contributed by atoms with van der Waals surface area (Å²) in [5.74, 6) is 0.922. The Labute approximate surface area is 192 Å². The van der Waals surface area contributed by atoms with Crippen molar-refractivity contribution in [1.29, 1.82) is 0 Å². The van der Waals surface area contributed by atoms with Gasteiger partial charge in [-0.15, -0.1) is 24.0 Å². The van der Waals surface area contributed by atoms with Crippen molar-refractivity contribution in [1.82, 2.24) is 15.5 Å². The van der Waals surface area contributed by atoms with E-state index in [1.54, 1.807) is 0 Å². The maximum atomic E-state index is 5.64. The van der Waals surface area contributed by atoms with Crippen LogP contribution in [0, 0.1) is 0 Å². The van der Waals surface area contributed by atoms with Gasteiger partial charge in [-0.25, -0.2) is 0 Å². The minimum atomic E-state index is 0. The van der Waals surface area contributed by atoms with Crippen LogP contribution in [0.1, 0.15) is 31.7 Å².